The summed E-state index contributed by atoms with van der Waals surface area (Å²) in [5.41, 5.74) is 11.4. The molecule has 2 aliphatic heterocycles. The number of hydrogen-bond acceptors (Lipinski definition) is 6. The summed E-state index contributed by atoms with van der Waals surface area (Å²) in [4.78, 5) is 13.4. The van der Waals surface area contributed by atoms with Crippen LogP contribution in [0.1, 0.15) is 45.1 Å². The first-order valence-corrected chi connectivity index (χ1v) is 14.2. The van der Waals surface area contributed by atoms with Crippen LogP contribution in [0, 0.1) is 13.8 Å². The first kappa shape index (κ1) is 25.7. The van der Waals surface area contributed by atoms with E-state index in [4.69, 9.17) is 9.47 Å². The van der Waals surface area contributed by atoms with Gasteiger partial charge in [0.1, 0.15) is 11.5 Å². The van der Waals surface area contributed by atoms with Crippen LogP contribution in [0.3, 0.4) is 0 Å². The molecule has 6 heteroatoms. The van der Waals surface area contributed by atoms with Gasteiger partial charge in [-0.15, -0.1) is 0 Å². The molecule has 0 aromatic heterocycles. The summed E-state index contributed by atoms with van der Waals surface area (Å²) < 4.78 is 13.0. The number of carbonyl (C=O) groups is 1. The van der Waals surface area contributed by atoms with Gasteiger partial charge in [0, 0.05) is 40.7 Å². The fraction of sp³-hybridized carbons (Fsp3) is 0.139. The van der Waals surface area contributed by atoms with Gasteiger partial charge in [-0.05, 0) is 80.9 Å². The molecule has 0 aliphatic carbocycles. The molecule has 0 bridgehead atoms. The zero-order valence-corrected chi connectivity index (χ0v) is 23.8. The lowest BCUT2D eigenvalue weighted by Gasteiger charge is -2.38. The highest BCUT2D eigenvalue weighted by Crippen LogP contribution is 2.57. The molecule has 2 N–H and O–H groups in total. The average molecular weight is 554 g/mol. The van der Waals surface area contributed by atoms with Crippen LogP contribution < -0.4 is 20.5 Å². The highest BCUT2D eigenvalue weighted by Gasteiger charge is 2.53. The lowest BCUT2D eigenvalue weighted by atomic mass is 9.77. The normalized spacial score (nSPS) is 16.1. The zero-order chi connectivity index (χ0) is 28.8. The number of aryl methyl sites for hydroxylation is 2. The number of fused-ring (bicyclic) bond motifs is 6. The van der Waals surface area contributed by atoms with Crippen molar-refractivity contribution in [2.24, 2.45) is 0 Å². The van der Waals surface area contributed by atoms with E-state index < -0.39 is 5.60 Å². The summed E-state index contributed by atoms with van der Waals surface area (Å²) in [6.45, 7) is 6.94. The Labute approximate surface area is 245 Å². The highest BCUT2D eigenvalue weighted by atomic mass is 16.6. The van der Waals surface area contributed by atoms with Crippen molar-refractivity contribution in [1.82, 2.24) is 0 Å². The number of hydrogen-bond donors (Lipinski definition) is 2. The fourth-order valence-corrected chi connectivity index (χ4v) is 5.90. The van der Waals surface area contributed by atoms with Crippen molar-refractivity contribution in [3.63, 3.8) is 0 Å². The molecule has 0 saturated heterocycles. The van der Waals surface area contributed by atoms with Crippen LogP contribution in [-0.4, -0.2) is 12.5 Å². The molecule has 0 fully saturated rings. The first-order chi connectivity index (χ1) is 20.5. The third-order valence-corrected chi connectivity index (χ3v) is 8.04. The standard InChI is InChI=1S/C36H31N3O3/c1-4-39(38-26-16-14-23(2)15-17-26)27-18-19-30-34(21-27)41-33-20-24(3)32(37-25-10-6-5-7-11-25)22-31(33)36(30)29-13-9-8-12-28(29)35(40)42-36/h5-22,37-38H,4H2,1-3H3. The number of benzene rings is 5. The van der Waals surface area contributed by atoms with E-state index in [1.807, 2.05) is 85.8 Å². The van der Waals surface area contributed by atoms with Gasteiger partial charge in [-0.3, -0.25) is 10.4 Å². The Morgan fingerprint density at radius 3 is 2.26 bits per heavy atom. The van der Waals surface area contributed by atoms with E-state index in [1.54, 1.807) is 0 Å². The lowest BCUT2D eigenvalue weighted by molar-refractivity contribution is 0.0224. The molecule has 7 rings (SSSR count). The largest absolute Gasteiger partial charge is 0.456 e. The lowest BCUT2D eigenvalue weighted by Crippen LogP contribution is -2.34. The second-order valence-electron chi connectivity index (χ2n) is 10.8. The molecule has 0 amide bonds. The third kappa shape index (κ3) is 4.15. The van der Waals surface area contributed by atoms with Crippen molar-refractivity contribution in [3.8, 4) is 11.5 Å². The third-order valence-electron chi connectivity index (χ3n) is 8.04. The Hall–Kier alpha value is -5.23. The quantitative estimate of drug-likeness (QED) is 0.162. The summed E-state index contributed by atoms with van der Waals surface area (Å²) in [5, 5.41) is 5.61. The molecule has 1 unspecified atom stereocenters. The number of anilines is 4. The van der Waals surface area contributed by atoms with Crippen molar-refractivity contribution < 1.29 is 14.3 Å². The predicted molar refractivity (Wildman–Crippen MR) is 167 cm³/mol. The molecule has 1 atom stereocenters. The maximum atomic E-state index is 13.4. The molecule has 42 heavy (non-hydrogen) atoms. The van der Waals surface area contributed by atoms with E-state index in [0.29, 0.717) is 17.1 Å². The van der Waals surface area contributed by atoms with Crippen molar-refractivity contribution in [2.45, 2.75) is 26.4 Å². The van der Waals surface area contributed by atoms with E-state index in [2.05, 4.69) is 59.9 Å². The minimum atomic E-state index is -1.14. The summed E-state index contributed by atoms with van der Waals surface area (Å²) >= 11 is 0. The summed E-state index contributed by atoms with van der Waals surface area (Å²) in [7, 11) is 0. The molecule has 2 heterocycles. The monoisotopic (exact) mass is 553 g/mol. The number of carbonyl (C=O) groups excluding carboxylic acids is 1. The van der Waals surface area contributed by atoms with Crippen LogP contribution >= 0.6 is 0 Å². The molecule has 6 nitrogen and oxygen atoms in total. The van der Waals surface area contributed by atoms with Crippen molar-refractivity contribution in [1.29, 1.82) is 0 Å². The maximum Gasteiger partial charge on any atom is 0.340 e. The molecule has 5 aromatic carbocycles. The molecule has 5 aromatic rings. The molecule has 1 spiro atoms. The van der Waals surface area contributed by atoms with E-state index in [9.17, 15) is 4.79 Å². The smallest absolute Gasteiger partial charge is 0.340 e. The minimum absolute atomic E-state index is 0.345. The predicted octanol–water partition coefficient (Wildman–Crippen LogP) is 8.47. The summed E-state index contributed by atoms with van der Waals surface area (Å²) in [6, 6.07) is 36.1. The van der Waals surface area contributed by atoms with Crippen LogP contribution in [0.4, 0.5) is 22.7 Å². The highest BCUT2D eigenvalue weighted by molar-refractivity contribution is 5.97. The summed E-state index contributed by atoms with van der Waals surface area (Å²) in [5.74, 6) is 0.967. The van der Waals surface area contributed by atoms with Gasteiger partial charge in [0.25, 0.3) is 0 Å². The second-order valence-corrected chi connectivity index (χ2v) is 10.8. The Morgan fingerprint density at radius 2 is 1.48 bits per heavy atom. The van der Waals surface area contributed by atoms with Gasteiger partial charge in [0.2, 0.25) is 0 Å². The van der Waals surface area contributed by atoms with Crippen molar-refractivity contribution >= 4 is 28.7 Å². The molecule has 0 saturated carbocycles. The van der Waals surface area contributed by atoms with Crippen LogP contribution in [0.25, 0.3) is 0 Å². The van der Waals surface area contributed by atoms with E-state index in [0.717, 1.165) is 51.5 Å². The Morgan fingerprint density at radius 1 is 0.738 bits per heavy atom. The van der Waals surface area contributed by atoms with Gasteiger partial charge in [-0.2, -0.15) is 0 Å². The second kappa shape index (κ2) is 10.00. The van der Waals surface area contributed by atoms with Gasteiger partial charge in [0.05, 0.1) is 16.9 Å². The van der Waals surface area contributed by atoms with Crippen molar-refractivity contribution in [2.75, 3.05) is 22.3 Å². The van der Waals surface area contributed by atoms with E-state index >= 15 is 0 Å². The first-order valence-electron chi connectivity index (χ1n) is 14.2. The number of nitrogens with one attached hydrogen (secondary N) is 2. The molecule has 208 valence electrons. The van der Waals surface area contributed by atoms with E-state index in [-0.39, 0.29) is 5.97 Å². The van der Waals surface area contributed by atoms with Crippen LogP contribution in [0.15, 0.2) is 109 Å². The SMILES string of the molecule is CCN(Nc1ccc(C)cc1)c1ccc2c(c1)Oc1cc(C)c(Nc3ccccc3)cc1C21OC(=O)c2ccccc21. The zero-order valence-electron chi connectivity index (χ0n) is 23.8. The van der Waals surface area contributed by atoms with E-state index in [1.165, 1.54) is 5.56 Å². The van der Waals surface area contributed by atoms with Crippen LogP contribution in [0.5, 0.6) is 11.5 Å². The van der Waals surface area contributed by atoms with Gasteiger partial charge in [0.15, 0.2) is 5.60 Å². The Bertz CT molecular complexity index is 1820. The van der Waals surface area contributed by atoms with Gasteiger partial charge >= 0.3 is 5.97 Å². The Balaban J connectivity index is 1.37. The molecule has 0 radical (unpaired) electrons. The molecular formula is C36H31N3O3. The molecule has 2 aliphatic rings. The number of ether oxygens (including phenoxy) is 2. The number of esters is 1. The Kier molecular flexibility index (Phi) is 6.12. The topological polar surface area (TPSA) is 62.8 Å². The van der Waals surface area contributed by atoms with Crippen molar-refractivity contribution in [3.05, 3.63) is 143 Å². The number of para-hydroxylation sites is 1. The van der Waals surface area contributed by atoms with Gasteiger partial charge in [-0.25, -0.2) is 4.79 Å². The number of nitrogens with zero attached hydrogens (tertiary/aromatic N) is 1. The van der Waals surface area contributed by atoms with Crippen LogP contribution in [-0.2, 0) is 10.3 Å². The van der Waals surface area contributed by atoms with Gasteiger partial charge < -0.3 is 14.8 Å². The average Bonchev–Trinajstić information content (AvgIpc) is 3.30. The molecular weight excluding hydrogens is 522 g/mol. The maximum absolute atomic E-state index is 13.4. The summed E-state index contributed by atoms with van der Waals surface area (Å²) in [6.07, 6.45) is 0. The number of rotatable bonds is 6. The minimum Gasteiger partial charge on any atom is -0.456 e. The van der Waals surface area contributed by atoms with Crippen LogP contribution in [0.2, 0.25) is 0 Å². The van der Waals surface area contributed by atoms with Gasteiger partial charge in [-0.1, -0.05) is 54.1 Å². The fourth-order valence-electron chi connectivity index (χ4n) is 5.90. The number of hydrazine groups is 1.